The van der Waals surface area contributed by atoms with E-state index in [1.54, 1.807) is 0 Å². The summed E-state index contributed by atoms with van der Waals surface area (Å²) >= 11 is 5.31. The quantitative estimate of drug-likeness (QED) is 0.906. The van der Waals surface area contributed by atoms with Crippen LogP contribution in [0.1, 0.15) is 22.2 Å². The van der Waals surface area contributed by atoms with Crippen LogP contribution in [0.4, 0.5) is 5.82 Å². The predicted octanol–water partition coefficient (Wildman–Crippen LogP) is 4.39. The van der Waals surface area contributed by atoms with Gasteiger partial charge in [-0.3, -0.25) is 0 Å². The van der Waals surface area contributed by atoms with E-state index < -0.39 is 0 Å². The molecule has 17 heavy (non-hydrogen) atoms. The Hall–Kier alpha value is -0.870. The molecule has 2 rings (SSSR count). The molecule has 0 aromatic carbocycles. The molecule has 0 amide bonds. The number of nitrogens with one attached hydrogen (secondary N) is 1. The van der Waals surface area contributed by atoms with Crippen molar-refractivity contribution in [1.29, 1.82) is 0 Å². The maximum atomic E-state index is 4.33. The van der Waals surface area contributed by atoms with Crippen LogP contribution in [0.3, 0.4) is 0 Å². The lowest BCUT2D eigenvalue weighted by atomic mass is 10.3. The SMILES string of the molecule is CCc1ccc(CNc2cc(C)c(Br)cn2)s1. The van der Waals surface area contributed by atoms with Crippen molar-refractivity contribution >= 4 is 33.1 Å². The summed E-state index contributed by atoms with van der Waals surface area (Å²) in [5.41, 5.74) is 1.20. The maximum Gasteiger partial charge on any atom is 0.126 e. The van der Waals surface area contributed by atoms with Gasteiger partial charge in [-0.15, -0.1) is 11.3 Å². The van der Waals surface area contributed by atoms with E-state index in [9.17, 15) is 0 Å². The molecule has 2 aromatic rings. The number of hydrogen-bond donors (Lipinski definition) is 1. The van der Waals surface area contributed by atoms with Gasteiger partial charge < -0.3 is 5.32 Å². The van der Waals surface area contributed by atoms with E-state index in [0.717, 1.165) is 23.3 Å². The van der Waals surface area contributed by atoms with E-state index in [4.69, 9.17) is 0 Å². The van der Waals surface area contributed by atoms with E-state index in [2.05, 4.69) is 58.3 Å². The van der Waals surface area contributed by atoms with Crippen molar-refractivity contribution < 1.29 is 0 Å². The van der Waals surface area contributed by atoms with Crippen molar-refractivity contribution in [3.63, 3.8) is 0 Å². The number of nitrogens with zero attached hydrogens (tertiary/aromatic N) is 1. The Morgan fingerprint density at radius 1 is 1.35 bits per heavy atom. The van der Waals surface area contributed by atoms with Gasteiger partial charge in [0.1, 0.15) is 5.82 Å². The second-order valence-corrected chi connectivity index (χ2v) is 6.00. The number of pyridine rings is 1. The summed E-state index contributed by atoms with van der Waals surface area (Å²) < 4.78 is 1.05. The van der Waals surface area contributed by atoms with Gasteiger partial charge in [0.2, 0.25) is 0 Å². The standard InChI is InChI=1S/C13H15BrN2S/c1-3-10-4-5-11(17-10)7-15-13-6-9(2)12(14)8-16-13/h4-6,8H,3,7H2,1-2H3,(H,15,16). The van der Waals surface area contributed by atoms with Crippen LogP contribution in [0.25, 0.3) is 0 Å². The third-order valence-corrected chi connectivity index (χ3v) is 4.62. The molecule has 0 aliphatic heterocycles. The average Bonchev–Trinajstić information content (AvgIpc) is 2.79. The Morgan fingerprint density at radius 3 is 2.76 bits per heavy atom. The molecule has 1 N–H and O–H groups in total. The number of rotatable bonds is 4. The van der Waals surface area contributed by atoms with Gasteiger partial charge in [0.25, 0.3) is 0 Å². The van der Waals surface area contributed by atoms with Gasteiger partial charge in [-0.2, -0.15) is 0 Å². The maximum absolute atomic E-state index is 4.33. The molecule has 0 radical (unpaired) electrons. The summed E-state index contributed by atoms with van der Waals surface area (Å²) in [4.78, 5) is 7.11. The molecule has 0 spiro atoms. The van der Waals surface area contributed by atoms with Crippen molar-refractivity contribution in [2.45, 2.75) is 26.8 Å². The Kier molecular flexibility index (Phi) is 4.18. The highest BCUT2D eigenvalue weighted by atomic mass is 79.9. The molecule has 2 aromatic heterocycles. The van der Waals surface area contributed by atoms with Gasteiger partial charge in [0.15, 0.2) is 0 Å². The zero-order valence-corrected chi connectivity index (χ0v) is 12.4. The van der Waals surface area contributed by atoms with Gasteiger partial charge in [0, 0.05) is 20.4 Å². The van der Waals surface area contributed by atoms with Crippen LogP contribution < -0.4 is 5.32 Å². The molecule has 0 aliphatic rings. The van der Waals surface area contributed by atoms with Crippen molar-refractivity contribution in [2.24, 2.45) is 0 Å². The van der Waals surface area contributed by atoms with Crippen molar-refractivity contribution in [3.8, 4) is 0 Å². The number of thiophene rings is 1. The molecule has 4 heteroatoms. The van der Waals surface area contributed by atoms with E-state index in [-0.39, 0.29) is 0 Å². The summed E-state index contributed by atoms with van der Waals surface area (Å²) in [6, 6.07) is 6.43. The molecule has 0 unspecified atom stereocenters. The first kappa shape index (κ1) is 12.6. The Balaban J connectivity index is 1.99. The third kappa shape index (κ3) is 3.30. The molecule has 0 atom stereocenters. The van der Waals surface area contributed by atoms with Crippen molar-refractivity contribution in [3.05, 3.63) is 44.2 Å². The van der Waals surface area contributed by atoms with Crippen LogP contribution in [0.2, 0.25) is 0 Å². The summed E-state index contributed by atoms with van der Waals surface area (Å²) in [5, 5.41) is 3.34. The molecule has 0 saturated heterocycles. The molecule has 0 bridgehead atoms. The fourth-order valence-electron chi connectivity index (χ4n) is 1.52. The van der Waals surface area contributed by atoms with Crippen LogP contribution in [0.15, 0.2) is 28.9 Å². The first-order chi connectivity index (χ1) is 8.19. The second kappa shape index (κ2) is 5.65. The van der Waals surface area contributed by atoms with E-state index in [0.29, 0.717) is 0 Å². The number of hydrogen-bond acceptors (Lipinski definition) is 3. The molecular weight excluding hydrogens is 296 g/mol. The van der Waals surface area contributed by atoms with Crippen molar-refractivity contribution in [1.82, 2.24) is 4.98 Å². The summed E-state index contributed by atoms with van der Waals surface area (Å²) in [5.74, 6) is 0.928. The van der Waals surface area contributed by atoms with Crippen molar-refractivity contribution in [2.75, 3.05) is 5.32 Å². The zero-order valence-electron chi connectivity index (χ0n) is 9.96. The first-order valence-corrected chi connectivity index (χ1v) is 7.23. The van der Waals surface area contributed by atoms with Crippen LogP contribution in [0, 0.1) is 6.92 Å². The van der Waals surface area contributed by atoms with Crippen LogP contribution in [0.5, 0.6) is 0 Å². The molecule has 0 aliphatic carbocycles. The largest absolute Gasteiger partial charge is 0.365 e. The van der Waals surface area contributed by atoms with Gasteiger partial charge in [-0.25, -0.2) is 4.98 Å². The number of aryl methyl sites for hydroxylation is 2. The molecule has 2 nitrogen and oxygen atoms in total. The lowest BCUT2D eigenvalue weighted by molar-refractivity contribution is 1.13. The number of halogens is 1. The van der Waals surface area contributed by atoms with E-state index in [1.807, 2.05) is 17.5 Å². The van der Waals surface area contributed by atoms with Crippen LogP contribution in [-0.2, 0) is 13.0 Å². The minimum atomic E-state index is 0.846. The van der Waals surface area contributed by atoms with Gasteiger partial charge in [0.05, 0.1) is 6.54 Å². The van der Waals surface area contributed by atoms with Crippen LogP contribution >= 0.6 is 27.3 Å². The summed E-state index contributed by atoms with van der Waals surface area (Å²) in [7, 11) is 0. The normalized spacial score (nSPS) is 10.5. The fourth-order valence-corrected chi connectivity index (χ4v) is 2.64. The molecule has 0 saturated carbocycles. The lowest BCUT2D eigenvalue weighted by Crippen LogP contribution is -1.99. The topological polar surface area (TPSA) is 24.9 Å². The predicted molar refractivity (Wildman–Crippen MR) is 77.7 cm³/mol. The third-order valence-electron chi connectivity index (χ3n) is 2.56. The highest BCUT2D eigenvalue weighted by molar-refractivity contribution is 9.10. The van der Waals surface area contributed by atoms with E-state index >= 15 is 0 Å². The molecular formula is C13H15BrN2S. The number of anilines is 1. The minimum absolute atomic E-state index is 0.846. The lowest BCUT2D eigenvalue weighted by Gasteiger charge is -2.05. The molecule has 90 valence electrons. The summed E-state index contributed by atoms with van der Waals surface area (Å²) in [6.45, 7) is 5.10. The minimum Gasteiger partial charge on any atom is -0.365 e. The highest BCUT2D eigenvalue weighted by Gasteiger charge is 2.01. The van der Waals surface area contributed by atoms with Gasteiger partial charge >= 0.3 is 0 Å². The zero-order chi connectivity index (χ0) is 12.3. The van der Waals surface area contributed by atoms with Gasteiger partial charge in [-0.05, 0) is 53.0 Å². The van der Waals surface area contributed by atoms with Gasteiger partial charge in [-0.1, -0.05) is 6.92 Å². The Labute approximate surface area is 114 Å². The summed E-state index contributed by atoms with van der Waals surface area (Å²) in [6.07, 6.45) is 2.95. The first-order valence-electron chi connectivity index (χ1n) is 5.62. The van der Waals surface area contributed by atoms with E-state index in [1.165, 1.54) is 15.3 Å². The Bertz CT molecular complexity index is 508. The monoisotopic (exact) mass is 310 g/mol. The molecule has 0 fully saturated rings. The van der Waals surface area contributed by atoms with Crippen LogP contribution in [-0.4, -0.2) is 4.98 Å². The second-order valence-electron chi connectivity index (χ2n) is 3.89. The molecule has 2 heterocycles. The average molecular weight is 311 g/mol. The Morgan fingerprint density at radius 2 is 2.12 bits per heavy atom. The fraction of sp³-hybridized carbons (Fsp3) is 0.308. The number of aromatic nitrogens is 1. The smallest absolute Gasteiger partial charge is 0.126 e. The highest BCUT2D eigenvalue weighted by Crippen LogP contribution is 2.20.